The maximum atomic E-state index is 5.97. The number of H-pyrrole nitrogens is 1. The van der Waals surface area contributed by atoms with Crippen LogP contribution in [0.25, 0.3) is 10.7 Å². The second-order valence-electron chi connectivity index (χ2n) is 5.36. The Bertz CT molecular complexity index is 568. The molecule has 0 aliphatic carbocycles. The molecule has 0 amide bonds. The lowest BCUT2D eigenvalue weighted by atomic mass is 9.91. The van der Waals surface area contributed by atoms with Crippen LogP contribution in [-0.4, -0.2) is 43.9 Å². The molecule has 1 atom stereocenters. The van der Waals surface area contributed by atoms with Crippen molar-refractivity contribution >= 4 is 17.5 Å². The number of aromatic amines is 1. The van der Waals surface area contributed by atoms with Gasteiger partial charge in [0.05, 0.1) is 5.69 Å². The van der Waals surface area contributed by atoms with Crippen molar-refractivity contribution < 1.29 is 0 Å². The molecule has 1 aliphatic rings. The van der Waals surface area contributed by atoms with Gasteiger partial charge in [0, 0.05) is 19.1 Å². The topological polar surface area (TPSA) is 96.6 Å². The van der Waals surface area contributed by atoms with Gasteiger partial charge < -0.3 is 10.6 Å². The smallest absolute Gasteiger partial charge is 0.245 e. The summed E-state index contributed by atoms with van der Waals surface area (Å²) in [6, 6.07) is 0.269. The summed E-state index contributed by atoms with van der Waals surface area (Å²) in [4.78, 5) is 7.73. The minimum atomic E-state index is 0.269. The Morgan fingerprint density at radius 2 is 2.15 bits per heavy atom. The molecule has 0 radical (unpaired) electrons. The van der Waals surface area contributed by atoms with Crippen LogP contribution in [-0.2, 0) is 0 Å². The highest BCUT2D eigenvalue weighted by atomic mass is 32.1. The Morgan fingerprint density at radius 3 is 2.75 bits per heavy atom. The van der Waals surface area contributed by atoms with Crippen LogP contribution in [0, 0.1) is 12.8 Å². The van der Waals surface area contributed by atoms with Crippen molar-refractivity contribution in [1.82, 2.24) is 24.8 Å². The highest BCUT2D eigenvalue weighted by Crippen LogP contribution is 2.26. The molecule has 1 fully saturated rings. The summed E-state index contributed by atoms with van der Waals surface area (Å²) in [7, 11) is 0. The van der Waals surface area contributed by atoms with E-state index in [1.165, 1.54) is 11.5 Å². The SMILES string of the molecule is Cc1nnsc1-c1nc(N2CCC(C(C)N)CC2)n[nH]1. The summed E-state index contributed by atoms with van der Waals surface area (Å²) in [5.74, 6) is 2.12. The fourth-order valence-corrected chi connectivity index (χ4v) is 3.17. The van der Waals surface area contributed by atoms with Crippen LogP contribution in [0.15, 0.2) is 0 Å². The molecule has 1 unspecified atom stereocenters. The van der Waals surface area contributed by atoms with Crippen LogP contribution in [0.1, 0.15) is 25.5 Å². The number of rotatable bonds is 3. The lowest BCUT2D eigenvalue weighted by molar-refractivity contribution is 0.352. The van der Waals surface area contributed by atoms with Gasteiger partial charge >= 0.3 is 0 Å². The summed E-state index contributed by atoms with van der Waals surface area (Å²) in [6.07, 6.45) is 2.20. The van der Waals surface area contributed by atoms with Crippen LogP contribution in [0.2, 0.25) is 0 Å². The Hall–Kier alpha value is -1.54. The van der Waals surface area contributed by atoms with Gasteiger partial charge in [-0.1, -0.05) is 4.49 Å². The second-order valence-corrected chi connectivity index (χ2v) is 6.11. The highest BCUT2D eigenvalue weighted by molar-refractivity contribution is 7.09. The second kappa shape index (κ2) is 5.45. The van der Waals surface area contributed by atoms with Gasteiger partial charge in [-0.25, -0.2) is 0 Å². The number of nitrogens with two attached hydrogens (primary N) is 1. The van der Waals surface area contributed by atoms with Crippen molar-refractivity contribution in [2.75, 3.05) is 18.0 Å². The summed E-state index contributed by atoms with van der Waals surface area (Å²) < 4.78 is 3.93. The lowest BCUT2D eigenvalue weighted by Crippen LogP contribution is -2.40. The van der Waals surface area contributed by atoms with Gasteiger partial charge in [0.25, 0.3) is 0 Å². The van der Waals surface area contributed by atoms with E-state index in [4.69, 9.17) is 5.73 Å². The third kappa shape index (κ3) is 2.53. The first kappa shape index (κ1) is 13.4. The van der Waals surface area contributed by atoms with Crippen molar-refractivity contribution in [2.24, 2.45) is 11.7 Å². The van der Waals surface area contributed by atoms with E-state index >= 15 is 0 Å². The zero-order valence-corrected chi connectivity index (χ0v) is 12.5. The molecule has 0 saturated carbocycles. The molecule has 3 heterocycles. The van der Waals surface area contributed by atoms with Crippen LogP contribution in [0.5, 0.6) is 0 Å². The van der Waals surface area contributed by atoms with E-state index in [1.807, 2.05) is 6.92 Å². The predicted octanol–water partition coefficient (Wildman–Crippen LogP) is 1.20. The Morgan fingerprint density at radius 1 is 1.40 bits per heavy atom. The molecular formula is C12H19N7S. The number of aryl methyl sites for hydroxylation is 1. The van der Waals surface area contributed by atoms with Crippen molar-refractivity contribution in [3.63, 3.8) is 0 Å². The maximum absolute atomic E-state index is 5.97. The highest BCUT2D eigenvalue weighted by Gasteiger charge is 2.24. The number of aromatic nitrogens is 5. The van der Waals surface area contributed by atoms with Gasteiger partial charge in [0.1, 0.15) is 4.88 Å². The zero-order valence-electron chi connectivity index (χ0n) is 11.7. The van der Waals surface area contributed by atoms with Gasteiger partial charge in [0.15, 0.2) is 5.82 Å². The molecule has 2 aromatic rings. The monoisotopic (exact) mass is 293 g/mol. The molecule has 8 heteroatoms. The third-order valence-electron chi connectivity index (χ3n) is 3.91. The van der Waals surface area contributed by atoms with Gasteiger partial charge in [-0.3, -0.25) is 5.10 Å². The van der Waals surface area contributed by atoms with E-state index in [2.05, 4.69) is 36.6 Å². The molecule has 20 heavy (non-hydrogen) atoms. The average molecular weight is 293 g/mol. The first-order valence-electron chi connectivity index (χ1n) is 6.87. The summed E-state index contributed by atoms with van der Waals surface area (Å²) in [5.41, 5.74) is 6.85. The largest absolute Gasteiger partial charge is 0.340 e. The average Bonchev–Trinajstić information content (AvgIpc) is 3.07. The van der Waals surface area contributed by atoms with Crippen molar-refractivity contribution in [3.8, 4) is 10.7 Å². The van der Waals surface area contributed by atoms with Crippen LogP contribution in [0.4, 0.5) is 5.95 Å². The summed E-state index contributed by atoms with van der Waals surface area (Å²) in [5, 5.41) is 11.3. The molecule has 108 valence electrons. The molecule has 1 aliphatic heterocycles. The number of nitrogens with zero attached hydrogens (tertiary/aromatic N) is 5. The van der Waals surface area contributed by atoms with E-state index < -0.39 is 0 Å². The quantitative estimate of drug-likeness (QED) is 0.882. The fourth-order valence-electron chi connectivity index (χ4n) is 2.57. The first-order valence-corrected chi connectivity index (χ1v) is 7.64. The molecule has 0 spiro atoms. The third-order valence-corrected chi connectivity index (χ3v) is 4.74. The fraction of sp³-hybridized carbons (Fsp3) is 0.667. The van der Waals surface area contributed by atoms with E-state index in [0.29, 0.717) is 5.92 Å². The molecule has 3 rings (SSSR count). The van der Waals surface area contributed by atoms with E-state index in [9.17, 15) is 0 Å². The predicted molar refractivity (Wildman–Crippen MR) is 78.6 cm³/mol. The number of hydrogen-bond acceptors (Lipinski definition) is 7. The maximum Gasteiger partial charge on any atom is 0.245 e. The minimum absolute atomic E-state index is 0.269. The van der Waals surface area contributed by atoms with Crippen LogP contribution < -0.4 is 10.6 Å². The number of nitrogens with one attached hydrogen (secondary N) is 1. The summed E-state index contributed by atoms with van der Waals surface area (Å²) in [6.45, 7) is 5.94. The molecule has 1 saturated heterocycles. The molecule has 2 aromatic heterocycles. The van der Waals surface area contributed by atoms with E-state index in [1.54, 1.807) is 0 Å². The number of piperidine rings is 1. The normalized spacial score (nSPS) is 18.4. The Labute approximate surface area is 121 Å². The van der Waals surface area contributed by atoms with E-state index in [-0.39, 0.29) is 6.04 Å². The van der Waals surface area contributed by atoms with Gasteiger partial charge in [-0.2, -0.15) is 4.98 Å². The number of anilines is 1. The van der Waals surface area contributed by atoms with Crippen molar-refractivity contribution in [2.45, 2.75) is 32.7 Å². The van der Waals surface area contributed by atoms with Crippen LogP contribution >= 0.6 is 11.5 Å². The van der Waals surface area contributed by atoms with Gasteiger partial charge in [0.2, 0.25) is 5.95 Å². The van der Waals surface area contributed by atoms with Crippen LogP contribution in [0.3, 0.4) is 0 Å². The molecule has 0 aromatic carbocycles. The van der Waals surface area contributed by atoms with E-state index in [0.717, 1.165) is 48.3 Å². The van der Waals surface area contributed by atoms with Crippen molar-refractivity contribution in [3.05, 3.63) is 5.69 Å². The molecular weight excluding hydrogens is 274 g/mol. The zero-order chi connectivity index (χ0) is 14.1. The molecule has 7 nitrogen and oxygen atoms in total. The summed E-state index contributed by atoms with van der Waals surface area (Å²) >= 11 is 1.34. The lowest BCUT2D eigenvalue weighted by Gasteiger charge is -2.32. The van der Waals surface area contributed by atoms with Crippen molar-refractivity contribution in [1.29, 1.82) is 0 Å². The number of hydrogen-bond donors (Lipinski definition) is 2. The standard InChI is InChI=1S/C12H19N7S/c1-7(13)9-3-5-19(6-4-9)12-14-11(16-17-12)10-8(2)15-18-20-10/h7,9H,3-6,13H2,1-2H3,(H,14,16,17). The minimum Gasteiger partial charge on any atom is -0.340 e. The van der Waals surface area contributed by atoms with Gasteiger partial charge in [-0.15, -0.1) is 10.2 Å². The molecule has 0 bridgehead atoms. The first-order chi connectivity index (χ1) is 9.65. The molecule has 3 N–H and O–H groups in total. The van der Waals surface area contributed by atoms with Gasteiger partial charge in [-0.05, 0) is 44.1 Å². The Kier molecular flexibility index (Phi) is 3.66. The Balaban J connectivity index is 1.71.